The molecule has 0 spiro atoms. The van der Waals surface area contributed by atoms with Gasteiger partial charge in [-0.2, -0.15) is 0 Å². The van der Waals surface area contributed by atoms with E-state index in [0.717, 1.165) is 5.56 Å². The van der Waals surface area contributed by atoms with Gasteiger partial charge in [0.05, 0.1) is 10.4 Å². The molecule has 0 amide bonds. The molecule has 0 aliphatic rings. The second kappa shape index (κ2) is 4.96. The fraction of sp³-hybridized carbons (Fsp3) is 0.0667. The fourth-order valence-corrected chi connectivity index (χ4v) is 4.60. The van der Waals surface area contributed by atoms with E-state index in [9.17, 15) is 12.8 Å². The van der Waals surface area contributed by atoms with E-state index < -0.39 is 15.8 Å². The third-order valence-corrected chi connectivity index (χ3v) is 5.80. The molecule has 0 radical (unpaired) electrons. The average Bonchev–Trinajstić information content (AvgIpc) is 2.74. The molecule has 0 saturated carbocycles. The van der Waals surface area contributed by atoms with Crippen molar-refractivity contribution in [2.75, 3.05) is 0 Å². The maximum atomic E-state index is 13.3. The highest BCUT2D eigenvalue weighted by molar-refractivity contribution is 9.10. The quantitative estimate of drug-likeness (QED) is 0.684. The molecule has 3 aromatic rings. The van der Waals surface area contributed by atoms with Crippen molar-refractivity contribution < 1.29 is 12.8 Å². The highest BCUT2D eigenvalue weighted by Crippen LogP contribution is 2.29. The standard InChI is InChI=1S/C15H11BrFNO2S/c1-10-2-5-13(6-3-10)21(19,20)18-14-7-4-12(17)8-11(14)9-15(18)16/h2-9H,1H3. The summed E-state index contributed by atoms with van der Waals surface area (Å²) in [6, 6.07) is 12.2. The van der Waals surface area contributed by atoms with Crippen LogP contribution in [0.5, 0.6) is 0 Å². The van der Waals surface area contributed by atoms with Gasteiger partial charge in [-0.05, 0) is 59.3 Å². The minimum absolute atomic E-state index is 0.190. The molecule has 0 aliphatic carbocycles. The molecule has 1 heterocycles. The van der Waals surface area contributed by atoms with Crippen LogP contribution in [-0.2, 0) is 10.0 Å². The molecule has 1 aromatic heterocycles. The van der Waals surface area contributed by atoms with Crippen molar-refractivity contribution >= 4 is 36.9 Å². The maximum Gasteiger partial charge on any atom is 0.269 e. The topological polar surface area (TPSA) is 39.1 Å². The van der Waals surface area contributed by atoms with Crippen LogP contribution in [0.2, 0.25) is 0 Å². The van der Waals surface area contributed by atoms with E-state index in [2.05, 4.69) is 15.9 Å². The highest BCUT2D eigenvalue weighted by atomic mass is 79.9. The predicted octanol–water partition coefficient (Wildman–Crippen LogP) is 4.09. The molecule has 0 aliphatic heterocycles. The van der Waals surface area contributed by atoms with Crippen molar-refractivity contribution in [3.63, 3.8) is 0 Å². The first-order chi connectivity index (χ1) is 9.89. The van der Waals surface area contributed by atoms with Gasteiger partial charge >= 0.3 is 0 Å². The summed E-state index contributed by atoms with van der Waals surface area (Å²) in [5.74, 6) is -0.403. The van der Waals surface area contributed by atoms with E-state index in [0.29, 0.717) is 15.5 Å². The molecule has 0 bridgehead atoms. The molecule has 0 atom stereocenters. The Balaban J connectivity index is 2.28. The van der Waals surface area contributed by atoms with Crippen molar-refractivity contribution in [3.05, 3.63) is 64.5 Å². The van der Waals surface area contributed by atoms with Gasteiger partial charge in [-0.15, -0.1) is 0 Å². The summed E-state index contributed by atoms with van der Waals surface area (Å²) in [7, 11) is -3.74. The zero-order valence-corrected chi connectivity index (χ0v) is 13.4. The van der Waals surface area contributed by atoms with E-state index in [1.807, 2.05) is 6.92 Å². The third-order valence-electron chi connectivity index (χ3n) is 3.24. The normalized spacial score (nSPS) is 12.0. The molecule has 21 heavy (non-hydrogen) atoms. The number of benzene rings is 2. The molecule has 3 rings (SSSR count). The lowest BCUT2D eigenvalue weighted by molar-refractivity contribution is 0.588. The average molecular weight is 368 g/mol. The molecule has 3 nitrogen and oxygen atoms in total. The summed E-state index contributed by atoms with van der Waals surface area (Å²) in [5, 5.41) is 0.526. The molecule has 2 aromatic carbocycles. The first kappa shape index (κ1) is 14.3. The zero-order chi connectivity index (χ0) is 15.2. The number of fused-ring (bicyclic) bond motifs is 1. The first-order valence-electron chi connectivity index (χ1n) is 6.18. The van der Waals surface area contributed by atoms with Gasteiger partial charge in [-0.3, -0.25) is 0 Å². The lowest BCUT2D eigenvalue weighted by atomic mass is 10.2. The van der Waals surface area contributed by atoms with Crippen molar-refractivity contribution in [2.45, 2.75) is 11.8 Å². The van der Waals surface area contributed by atoms with E-state index in [-0.39, 0.29) is 4.90 Å². The number of rotatable bonds is 2. The Bertz CT molecular complexity index is 930. The monoisotopic (exact) mass is 367 g/mol. The van der Waals surface area contributed by atoms with Crippen LogP contribution in [0.1, 0.15) is 5.56 Å². The van der Waals surface area contributed by atoms with Gasteiger partial charge in [-0.25, -0.2) is 16.8 Å². The smallest absolute Gasteiger partial charge is 0.227 e. The fourth-order valence-electron chi connectivity index (χ4n) is 2.19. The van der Waals surface area contributed by atoms with Gasteiger partial charge in [0.25, 0.3) is 10.0 Å². The summed E-state index contributed by atoms with van der Waals surface area (Å²) in [6.45, 7) is 1.89. The largest absolute Gasteiger partial charge is 0.269 e. The Labute approximate surface area is 130 Å². The van der Waals surface area contributed by atoms with E-state index in [1.165, 1.54) is 22.2 Å². The Morgan fingerprint density at radius 2 is 1.71 bits per heavy atom. The molecular formula is C15H11BrFNO2S. The number of hydrogen-bond acceptors (Lipinski definition) is 2. The van der Waals surface area contributed by atoms with Gasteiger partial charge in [0, 0.05) is 5.39 Å². The van der Waals surface area contributed by atoms with E-state index in [4.69, 9.17) is 0 Å². The van der Waals surface area contributed by atoms with Crippen LogP contribution in [0.25, 0.3) is 10.9 Å². The van der Waals surface area contributed by atoms with Crippen LogP contribution in [0.3, 0.4) is 0 Å². The first-order valence-corrected chi connectivity index (χ1v) is 8.42. The Morgan fingerprint density at radius 3 is 2.38 bits per heavy atom. The van der Waals surface area contributed by atoms with Crippen molar-refractivity contribution in [1.29, 1.82) is 0 Å². The van der Waals surface area contributed by atoms with Crippen LogP contribution in [0.4, 0.5) is 4.39 Å². The second-order valence-corrected chi connectivity index (χ2v) is 7.35. The SMILES string of the molecule is Cc1ccc(S(=O)(=O)n2c(Br)cc3cc(F)ccc32)cc1. The molecule has 6 heteroatoms. The highest BCUT2D eigenvalue weighted by Gasteiger charge is 2.22. The Kier molecular flexibility index (Phi) is 3.37. The Hall–Kier alpha value is -1.66. The van der Waals surface area contributed by atoms with Crippen LogP contribution < -0.4 is 0 Å². The minimum Gasteiger partial charge on any atom is -0.227 e. The lowest BCUT2D eigenvalue weighted by Gasteiger charge is -2.09. The number of nitrogens with zero attached hydrogens (tertiary/aromatic N) is 1. The van der Waals surface area contributed by atoms with Gasteiger partial charge in [0.1, 0.15) is 10.4 Å². The van der Waals surface area contributed by atoms with Crippen molar-refractivity contribution in [3.8, 4) is 0 Å². The zero-order valence-electron chi connectivity index (χ0n) is 11.0. The molecule has 0 saturated heterocycles. The predicted molar refractivity (Wildman–Crippen MR) is 83.4 cm³/mol. The summed E-state index contributed by atoms with van der Waals surface area (Å²) in [6.07, 6.45) is 0. The van der Waals surface area contributed by atoms with Crippen LogP contribution in [0.15, 0.2) is 58.0 Å². The van der Waals surface area contributed by atoms with Crippen LogP contribution >= 0.6 is 15.9 Å². The number of halogens is 2. The summed E-state index contributed by atoms with van der Waals surface area (Å²) >= 11 is 3.24. The number of aryl methyl sites for hydroxylation is 1. The summed E-state index contributed by atoms with van der Waals surface area (Å²) in [4.78, 5) is 0.190. The number of hydrogen-bond donors (Lipinski definition) is 0. The minimum atomic E-state index is -3.74. The summed E-state index contributed by atoms with van der Waals surface area (Å²) in [5.41, 5.74) is 1.41. The molecular weight excluding hydrogens is 357 g/mol. The lowest BCUT2D eigenvalue weighted by Crippen LogP contribution is -2.13. The van der Waals surface area contributed by atoms with Crippen LogP contribution in [0, 0.1) is 12.7 Å². The summed E-state index contributed by atoms with van der Waals surface area (Å²) < 4.78 is 40.3. The van der Waals surface area contributed by atoms with E-state index in [1.54, 1.807) is 30.3 Å². The van der Waals surface area contributed by atoms with Gasteiger partial charge < -0.3 is 0 Å². The van der Waals surface area contributed by atoms with Gasteiger partial charge in [0.2, 0.25) is 0 Å². The molecule has 0 fully saturated rings. The van der Waals surface area contributed by atoms with E-state index >= 15 is 0 Å². The van der Waals surface area contributed by atoms with Gasteiger partial charge in [-0.1, -0.05) is 17.7 Å². The van der Waals surface area contributed by atoms with Crippen molar-refractivity contribution in [2.24, 2.45) is 0 Å². The van der Waals surface area contributed by atoms with Crippen LogP contribution in [-0.4, -0.2) is 12.4 Å². The second-order valence-electron chi connectivity index (χ2n) is 4.75. The van der Waals surface area contributed by atoms with Crippen molar-refractivity contribution in [1.82, 2.24) is 3.97 Å². The molecule has 0 unspecified atom stereocenters. The molecule has 108 valence electrons. The number of aromatic nitrogens is 1. The molecule has 0 N–H and O–H groups in total. The van der Waals surface area contributed by atoms with Gasteiger partial charge in [0.15, 0.2) is 0 Å². The maximum absolute atomic E-state index is 13.3. The third kappa shape index (κ3) is 2.38. The Morgan fingerprint density at radius 1 is 1.05 bits per heavy atom.